The summed E-state index contributed by atoms with van der Waals surface area (Å²) >= 11 is 6.22. The molecule has 1 aromatic carbocycles. The van der Waals surface area contributed by atoms with Gasteiger partial charge in [-0.15, -0.1) is 21.4 Å². The van der Waals surface area contributed by atoms with Crippen LogP contribution in [-0.2, 0) is 10.3 Å². The maximum Gasteiger partial charge on any atom is 0.145 e. The van der Waals surface area contributed by atoms with Crippen LogP contribution in [0.15, 0.2) is 0 Å². The standard InChI is InChI=1S/C12H4B10ClNO/c13-3-2(7(23)6(16)5(15)4(3)14)9(24)1-10(17,18)12(21,22)11(19,20)8(9)25/h1,24H2. The van der Waals surface area contributed by atoms with Crippen molar-refractivity contribution in [3.05, 3.63) is 10.6 Å². The predicted molar refractivity (Wildman–Crippen MR) is 111 cm³/mol. The van der Waals surface area contributed by atoms with Gasteiger partial charge < -0.3 is 5.73 Å². The molecule has 0 aromatic heterocycles. The van der Waals surface area contributed by atoms with Crippen LogP contribution in [0, 0.1) is 0 Å². The molecule has 1 atom stereocenters. The Morgan fingerprint density at radius 1 is 0.840 bits per heavy atom. The van der Waals surface area contributed by atoms with Gasteiger partial charge in [0.05, 0.1) is 52.6 Å². The number of hydrogen-bond donors (Lipinski definition) is 1. The maximum absolute atomic E-state index is 13.0. The summed E-state index contributed by atoms with van der Waals surface area (Å²) in [6, 6.07) is 0. The summed E-state index contributed by atoms with van der Waals surface area (Å²) in [4.78, 5) is 13.0. The van der Waals surface area contributed by atoms with Crippen LogP contribution < -0.4 is 27.6 Å². The van der Waals surface area contributed by atoms with Gasteiger partial charge in [0.15, 0.2) is 0 Å². The first kappa shape index (κ1) is 21.1. The molecule has 0 spiro atoms. The summed E-state index contributed by atoms with van der Waals surface area (Å²) in [7, 11) is 58.7. The predicted octanol–water partition coefficient (Wildman–Crippen LogP) is -5.00. The van der Waals surface area contributed by atoms with E-state index in [1.165, 1.54) is 0 Å². The molecule has 13 heteroatoms. The minimum atomic E-state index is -2.41. The van der Waals surface area contributed by atoms with Crippen LogP contribution in [0.5, 0.6) is 0 Å². The average Bonchev–Trinajstić information content (AvgIpc) is 2.48. The Morgan fingerprint density at radius 3 is 1.76 bits per heavy atom. The van der Waals surface area contributed by atoms with Gasteiger partial charge in [0.2, 0.25) is 0 Å². The molecule has 1 aliphatic carbocycles. The molecular formula is C12H4B10ClNO. The molecule has 2 N–H and O–H groups in total. The van der Waals surface area contributed by atoms with E-state index in [1.807, 2.05) is 0 Å². The van der Waals surface area contributed by atoms with Gasteiger partial charge in [0.25, 0.3) is 0 Å². The van der Waals surface area contributed by atoms with Crippen molar-refractivity contribution in [3.8, 4) is 0 Å². The first-order valence-electron chi connectivity index (χ1n) is 7.03. The van der Waals surface area contributed by atoms with Gasteiger partial charge in [-0.05, 0) is 12.0 Å². The largest absolute Gasteiger partial charge is 0.315 e. The summed E-state index contributed by atoms with van der Waals surface area (Å²) in [5.74, 6) is -0.992. The van der Waals surface area contributed by atoms with E-state index in [0.29, 0.717) is 0 Å². The number of benzene rings is 1. The van der Waals surface area contributed by atoms with E-state index in [1.54, 1.807) is 0 Å². The summed E-state index contributed by atoms with van der Waals surface area (Å²) < 4.78 is 0. The van der Waals surface area contributed by atoms with E-state index < -0.39 is 33.4 Å². The quantitative estimate of drug-likeness (QED) is 0.527. The number of hydrogen-bond acceptors (Lipinski definition) is 2. The lowest BCUT2D eigenvalue weighted by Gasteiger charge is -2.63. The third-order valence-corrected chi connectivity index (χ3v) is 5.24. The van der Waals surface area contributed by atoms with Crippen LogP contribution in [0.4, 0.5) is 0 Å². The van der Waals surface area contributed by atoms with E-state index in [4.69, 9.17) is 95.8 Å². The van der Waals surface area contributed by atoms with Crippen molar-refractivity contribution >= 4 is 118 Å². The second kappa shape index (κ2) is 5.89. The molecule has 0 saturated heterocycles. The van der Waals surface area contributed by atoms with Gasteiger partial charge in [0, 0.05) is 5.02 Å². The van der Waals surface area contributed by atoms with Gasteiger partial charge in [-0.3, -0.25) is 4.79 Å². The Hall–Kier alpha value is -0.211. The molecule has 0 bridgehead atoms. The Labute approximate surface area is 166 Å². The fraction of sp³-hybridized carbons (Fsp3) is 0.417. The van der Waals surface area contributed by atoms with Gasteiger partial charge in [0.1, 0.15) is 37.2 Å². The summed E-state index contributed by atoms with van der Waals surface area (Å²) in [5.41, 5.74) is 3.58. The van der Waals surface area contributed by atoms with Crippen molar-refractivity contribution in [1.82, 2.24) is 0 Å². The maximum atomic E-state index is 13.0. The highest BCUT2D eigenvalue weighted by atomic mass is 35.5. The zero-order valence-corrected chi connectivity index (χ0v) is 14.1. The van der Waals surface area contributed by atoms with Crippen LogP contribution in [0.2, 0.25) is 20.7 Å². The molecule has 25 heavy (non-hydrogen) atoms. The van der Waals surface area contributed by atoms with Crippen LogP contribution in [0.1, 0.15) is 12.0 Å². The van der Waals surface area contributed by atoms with Crippen LogP contribution >= 0.6 is 11.6 Å². The fourth-order valence-corrected chi connectivity index (χ4v) is 3.44. The van der Waals surface area contributed by atoms with E-state index in [9.17, 15) is 4.79 Å². The van der Waals surface area contributed by atoms with Crippen molar-refractivity contribution in [1.29, 1.82) is 0 Å². The normalized spacial score (nSPS) is 27.0. The van der Waals surface area contributed by atoms with E-state index in [0.717, 1.165) is 0 Å². The smallest absolute Gasteiger partial charge is 0.145 e. The molecule has 1 saturated carbocycles. The van der Waals surface area contributed by atoms with Crippen molar-refractivity contribution in [2.24, 2.45) is 5.73 Å². The minimum absolute atomic E-state index is 0.0661. The topological polar surface area (TPSA) is 43.1 Å². The molecular weight excluding hydrogens is 318 g/mol. The van der Waals surface area contributed by atoms with E-state index >= 15 is 0 Å². The molecule has 0 aliphatic heterocycles. The molecule has 1 fully saturated rings. The number of Topliss-reactive ketones (excluding diaryl/α,β-unsaturated/α-hetero) is 1. The minimum Gasteiger partial charge on any atom is -0.315 e. The molecule has 2 nitrogen and oxygen atoms in total. The molecule has 1 aliphatic rings. The van der Waals surface area contributed by atoms with E-state index in [2.05, 4.69) is 0 Å². The Kier molecular flexibility index (Phi) is 4.97. The molecule has 0 heterocycles. The Balaban J connectivity index is 2.87. The zero-order chi connectivity index (χ0) is 19.7. The fourth-order valence-electron chi connectivity index (χ4n) is 3.06. The van der Waals surface area contributed by atoms with Crippen LogP contribution in [-0.4, -0.2) is 84.2 Å². The number of halogens is 1. The van der Waals surface area contributed by atoms with Crippen molar-refractivity contribution in [2.75, 3.05) is 0 Å². The number of ketones is 1. The van der Waals surface area contributed by atoms with Gasteiger partial charge in [-0.25, -0.2) is 0 Å². The second-order valence-corrected chi connectivity index (χ2v) is 6.98. The van der Waals surface area contributed by atoms with Gasteiger partial charge in [-0.2, -0.15) is 0 Å². The highest BCUT2D eigenvalue weighted by molar-refractivity contribution is 6.69. The van der Waals surface area contributed by atoms with Crippen molar-refractivity contribution < 1.29 is 4.79 Å². The highest BCUT2D eigenvalue weighted by Crippen LogP contribution is 2.65. The van der Waals surface area contributed by atoms with E-state index in [-0.39, 0.29) is 32.4 Å². The molecule has 1 unspecified atom stereocenters. The third-order valence-electron chi connectivity index (χ3n) is 4.85. The average molecular weight is 322 g/mol. The lowest BCUT2D eigenvalue weighted by atomic mass is 9.13. The second-order valence-electron chi connectivity index (χ2n) is 6.60. The number of carbonyl (C=O) groups excluding carboxylic acids is 1. The number of nitrogens with two attached hydrogens (primary N) is 1. The molecule has 2 rings (SSSR count). The SMILES string of the molecule is [B]c1c([B])c([B])c(C2(N)CC([B])([B])C([B])([B])C([B])([B])C2=O)c(Cl)c1[B]. The third kappa shape index (κ3) is 2.61. The van der Waals surface area contributed by atoms with Crippen molar-refractivity contribution in [3.63, 3.8) is 0 Å². The summed E-state index contributed by atoms with van der Waals surface area (Å²) in [5, 5.41) is -6.77. The number of carbonyl (C=O) groups is 1. The highest BCUT2D eigenvalue weighted by Gasteiger charge is 2.61. The monoisotopic (exact) mass is 323 g/mol. The Morgan fingerprint density at radius 2 is 1.28 bits per heavy atom. The summed E-state index contributed by atoms with van der Waals surface area (Å²) in [6.07, 6.45) is -0.491. The number of rotatable bonds is 1. The van der Waals surface area contributed by atoms with Crippen LogP contribution in [0.3, 0.4) is 0 Å². The van der Waals surface area contributed by atoms with Gasteiger partial charge >= 0.3 is 0 Å². The Bertz CT molecular complexity index is 751. The first-order valence-corrected chi connectivity index (χ1v) is 7.40. The van der Waals surface area contributed by atoms with Crippen LogP contribution in [0.25, 0.3) is 0 Å². The molecule has 1 aromatic rings. The lowest BCUT2D eigenvalue weighted by Crippen LogP contribution is -2.66. The first-order chi connectivity index (χ1) is 11.0. The molecule has 0 amide bonds. The van der Waals surface area contributed by atoms with Gasteiger partial charge in [-0.1, -0.05) is 27.7 Å². The lowest BCUT2D eigenvalue weighted by molar-refractivity contribution is -0.128. The summed E-state index contributed by atoms with van der Waals surface area (Å²) in [6.45, 7) is 0. The van der Waals surface area contributed by atoms with Crippen molar-refractivity contribution in [2.45, 2.75) is 27.6 Å². The zero-order valence-electron chi connectivity index (χ0n) is 13.3. The molecule has 100 valence electrons. The molecule has 20 radical (unpaired) electrons.